The van der Waals surface area contributed by atoms with Crippen molar-refractivity contribution in [1.29, 1.82) is 0 Å². The molecule has 2 aromatic heterocycles. The molecule has 0 N–H and O–H groups in total. The van der Waals surface area contributed by atoms with Crippen molar-refractivity contribution in [3.63, 3.8) is 0 Å². The Labute approximate surface area is 770 Å². The van der Waals surface area contributed by atoms with Gasteiger partial charge >= 0.3 is 0 Å². The second kappa shape index (κ2) is 37.9. The number of rotatable bonds is 20. The Morgan fingerprint density at radius 1 is 0.0682 bits per heavy atom. The highest BCUT2D eigenvalue weighted by molar-refractivity contribution is 5.85. The molecule has 0 aliphatic heterocycles. The third-order valence-corrected chi connectivity index (χ3v) is 24.3. The summed E-state index contributed by atoms with van der Waals surface area (Å²) in [6, 6.07) is 184. The molecule has 0 fully saturated rings. The van der Waals surface area contributed by atoms with Crippen LogP contribution in [-0.4, -0.2) is 29.9 Å². The highest BCUT2D eigenvalue weighted by atomic mass is 15.0. The number of hydrogen-bond acceptors (Lipinski definition) is 6. The van der Waals surface area contributed by atoms with Crippen LogP contribution in [0.3, 0.4) is 0 Å². The van der Waals surface area contributed by atoms with E-state index in [9.17, 15) is 0 Å². The Morgan fingerprint density at radius 2 is 0.159 bits per heavy atom. The van der Waals surface area contributed by atoms with Crippen molar-refractivity contribution < 1.29 is 0 Å². The first-order valence-electron chi connectivity index (χ1n) is 44.6. The lowest BCUT2D eigenvalue weighted by Crippen LogP contribution is -2.00. The fraction of sp³-hybridized carbons (Fsp3) is 0. The van der Waals surface area contributed by atoms with Crippen molar-refractivity contribution in [2.24, 2.45) is 0 Å². The maximum absolute atomic E-state index is 5.16. The van der Waals surface area contributed by atoms with Gasteiger partial charge in [0.2, 0.25) is 0 Å². The summed E-state index contributed by atoms with van der Waals surface area (Å²) >= 11 is 0. The average molecular weight is 1680 g/mol. The van der Waals surface area contributed by atoms with E-state index < -0.39 is 0 Å². The van der Waals surface area contributed by atoms with E-state index >= 15 is 0 Å². The zero-order chi connectivity index (χ0) is 88.1. The van der Waals surface area contributed by atoms with Crippen LogP contribution in [0, 0.1) is 0 Å². The van der Waals surface area contributed by atoms with Crippen molar-refractivity contribution in [2.75, 3.05) is 0 Å². The summed E-state index contributed by atoms with van der Waals surface area (Å²) in [5.74, 6) is 3.71. The molecule has 0 atom stereocenters. The first kappa shape index (κ1) is 81.5. The minimum absolute atomic E-state index is 0.613. The first-order valence-corrected chi connectivity index (χ1v) is 44.6. The second-order valence-electron chi connectivity index (χ2n) is 32.9. The summed E-state index contributed by atoms with van der Waals surface area (Å²) < 4.78 is 0. The van der Waals surface area contributed by atoms with Crippen LogP contribution in [0.1, 0.15) is 0 Å². The topological polar surface area (TPSA) is 77.3 Å². The van der Waals surface area contributed by atoms with Gasteiger partial charge in [-0.25, -0.2) is 29.9 Å². The maximum atomic E-state index is 5.16. The van der Waals surface area contributed by atoms with Crippen LogP contribution >= 0.6 is 0 Å². The average Bonchev–Trinajstić information content (AvgIpc) is 0.785. The molecule has 2 heterocycles. The lowest BCUT2D eigenvalue weighted by atomic mass is 9.96. The molecule has 6 nitrogen and oxygen atoms in total. The Morgan fingerprint density at radius 3 is 0.303 bits per heavy atom. The molecule has 0 spiro atoms. The molecule has 0 amide bonds. The molecule has 6 heteroatoms. The van der Waals surface area contributed by atoms with Crippen molar-refractivity contribution in [1.82, 2.24) is 29.9 Å². The molecule has 620 valence electrons. The summed E-state index contributed by atoms with van der Waals surface area (Å²) in [6.45, 7) is 0. The number of nitrogens with zero attached hydrogens (tertiary/aromatic N) is 6. The summed E-state index contributed by atoms with van der Waals surface area (Å²) in [7, 11) is 0. The largest absolute Gasteiger partial charge is 0.208 e. The predicted molar refractivity (Wildman–Crippen MR) is 548 cm³/mol. The molecule has 0 aliphatic carbocycles. The molecule has 0 aliphatic rings. The van der Waals surface area contributed by atoms with Crippen molar-refractivity contribution in [2.45, 2.75) is 0 Å². The lowest BCUT2D eigenvalue weighted by molar-refractivity contribution is 1.07. The third-order valence-electron chi connectivity index (χ3n) is 24.3. The third kappa shape index (κ3) is 18.5. The minimum atomic E-state index is 0.613. The molecule has 0 bridgehead atoms. The Bertz CT molecular complexity index is 7620. The van der Waals surface area contributed by atoms with Gasteiger partial charge < -0.3 is 0 Å². The smallest absolute Gasteiger partial charge is 0.164 e. The Kier molecular flexibility index (Phi) is 23.4. The SMILES string of the molecule is c1ccc(-c2cccc(-c3ccc(-c4nc(-c5ccc(-c6cccc(-c7cccc(-c8ccccc8)c7)c6)cc5)nc(-c5ccc(-c6cccc(-c7cccc(-c8ccccc8)c7)c6)cc5)n4)cc3)c2)cc1.c1ccc(-c2cccc(-c3cccc(-c4ccc(-c5nc(-c6cccc(-c7ccccc7)c6)nc(-c6cccc(-c7cccc(-c8ccccc8)c7)c6)n5)cc4)c3)c2)cc1. The molecular formula is C126H86N6. The molecule has 0 saturated carbocycles. The molecule has 20 aromatic carbocycles. The number of aromatic nitrogens is 6. The Balaban J connectivity index is 0.000000162. The molecule has 22 rings (SSSR count). The Hall–Kier alpha value is -17.6. The van der Waals surface area contributed by atoms with Crippen LogP contribution in [0.5, 0.6) is 0 Å². The van der Waals surface area contributed by atoms with Gasteiger partial charge in [0.1, 0.15) is 0 Å². The van der Waals surface area contributed by atoms with Gasteiger partial charge in [0, 0.05) is 33.4 Å². The van der Waals surface area contributed by atoms with Crippen molar-refractivity contribution in [3.05, 3.63) is 522 Å². The van der Waals surface area contributed by atoms with E-state index in [0.717, 1.165) is 100 Å². The molecule has 22 aromatic rings. The van der Waals surface area contributed by atoms with Gasteiger partial charge in [0.25, 0.3) is 0 Å². The highest BCUT2D eigenvalue weighted by Gasteiger charge is 2.20. The van der Waals surface area contributed by atoms with E-state index in [1.165, 1.54) is 89.0 Å². The van der Waals surface area contributed by atoms with E-state index in [1.807, 2.05) is 12.1 Å². The van der Waals surface area contributed by atoms with E-state index in [2.05, 4.69) is 510 Å². The molecule has 0 radical (unpaired) electrons. The predicted octanol–water partition coefficient (Wildman–Crippen LogP) is 33.1. The highest BCUT2D eigenvalue weighted by Crippen LogP contribution is 2.40. The van der Waals surface area contributed by atoms with Crippen LogP contribution < -0.4 is 0 Å². The molecule has 0 unspecified atom stereocenters. The lowest BCUT2D eigenvalue weighted by Gasteiger charge is -2.12. The molecule has 0 saturated heterocycles. The summed E-state index contributed by atoms with van der Waals surface area (Å²) in [4.78, 5) is 30.9. The monoisotopic (exact) mass is 1680 g/mol. The zero-order valence-electron chi connectivity index (χ0n) is 72.3. The van der Waals surface area contributed by atoms with Gasteiger partial charge in [-0.15, -0.1) is 0 Å². The van der Waals surface area contributed by atoms with E-state index in [4.69, 9.17) is 29.9 Å². The van der Waals surface area contributed by atoms with Gasteiger partial charge in [0.05, 0.1) is 0 Å². The van der Waals surface area contributed by atoms with Gasteiger partial charge in [-0.3, -0.25) is 0 Å². The van der Waals surface area contributed by atoms with Crippen LogP contribution in [-0.2, 0) is 0 Å². The molecule has 132 heavy (non-hydrogen) atoms. The fourth-order valence-electron chi connectivity index (χ4n) is 17.3. The van der Waals surface area contributed by atoms with Crippen molar-refractivity contribution >= 4 is 0 Å². The summed E-state index contributed by atoms with van der Waals surface area (Å²) in [5, 5.41) is 0. The maximum Gasteiger partial charge on any atom is 0.164 e. The van der Waals surface area contributed by atoms with Gasteiger partial charge in [-0.05, 0) is 216 Å². The minimum Gasteiger partial charge on any atom is -0.208 e. The fourth-order valence-corrected chi connectivity index (χ4v) is 17.3. The number of hydrogen-bond donors (Lipinski definition) is 0. The summed E-state index contributed by atoms with van der Waals surface area (Å²) in [6.07, 6.45) is 0. The van der Waals surface area contributed by atoms with Crippen LogP contribution in [0.15, 0.2) is 522 Å². The van der Waals surface area contributed by atoms with Crippen LogP contribution in [0.2, 0.25) is 0 Å². The van der Waals surface area contributed by atoms with E-state index in [0.29, 0.717) is 34.9 Å². The summed E-state index contributed by atoms with van der Waals surface area (Å²) in [5.41, 5.74) is 38.1. The van der Waals surface area contributed by atoms with E-state index in [1.54, 1.807) is 0 Å². The number of benzene rings is 20. The van der Waals surface area contributed by atoms with E-state index in [-0.39, 0.29) is 0 Å². The van der Waals surface area contributed by atoms with Crippen LogP contribution in [0.4, 0.5) is 0 Å². The molecular weight excluding hydrogens is 1600 g/mol. The van der Waals surface area contributed by atoms with Gasteiger partial charge in [0.15, 0.2) is 34.9 Å². The second-order valence-corrected chi connectivity index (χ2v) is 32.9. The normalized spacial score (nSPS) is 11.0. The quantitative estimate of drug-likeness (QED) is 0.0757. The first-order chi connectivity index (χ1) is 65.3. The van der Waals surface area contributed by atoms with Crippen LogP contribution in [0.25, 0.3) is 224 Å². The zero-order valence-corrected chi connectivity index (χ0v) is 72.3. The van der Waals surface area contributed by atoms with Gasteiger partial charge in [-0.2, -0.15) is 0 Å². The standard InChI is InChI=1S/C69H47N3.C57H39N3/c1-4-15-48(16-5-1)57-21-10-24-60(43-57)51-31-37-54(38-32-51)67-70-68(55-39-33-52(34-40-55)61-25-13-29-65(46-61)63-27-11-22-58(44-63)49-17-6-2-7-18-49)72-69(71-67)56-41-35-53(36-42-56)62-26-14-30-66(47-62)64-28-12-23-59(45-64)50-19-8-3-9-20-50;1-4-15-40(16-5-1)45-21-10-25-49(35-45)50-26-12-23-47(37-50)43-31-33-44(34-32-43)55-58-56(53-29-13-24-48(38-53)42-19-8-3-9-20-42)60-57(59-55)54-30-14-28-52(39-54)51-27-11-22-46(36-51)41-17-6-2-7-18-41/h1-47H;1-39H. The van der Waals surface area contributed by atoms with Gasteiger partial charge in [-0.1, -0.05) is 461 Å². The van der Waals surface area contributed by atoms with Crippen molar-refractivity contribution in [3.8, 4) is 224 Å².